The number of hydrogen-bond donors (Lipinski definition) is 1. The first-order valence-electron chi connectivity index (χ1n) is 12.5. The van der Waals surface area contributed by atoms with Gasteiger partial charge in [0.25, 0.3) is 5.78 Å². The van der Waals surface area contributed by atoms with Crippen molar-refractivity contribution in [3.8, 4) is 5.75 Å². The van der Waals surface area contributed by atoms with Gasteiger partial charge in [0.15, 0.2) is 5.13 Å². The highest BCUT2D eigenvalue weighted by molar-refractivity contribution is 7.22. The molecule has 0 aliphatic carbocycles. The molecule has 6 nitrogen and oxygen atoms in total. The number of unbranched alkanes of at least 4 members (excludes halogenated alkanes) is 1. The highest BCUT2D eigenvalue weighted by Crippen LogP contribution is 2.45. The summed E-state index contributed by atoms with van der Waals surface area (Å²) in [7, 11) is 0. The third-order valence-corrected chi connectivity index (χ3v) is 7.53. The molecular formula is C30H27FN2O4S. The van der Waals surface area contributed by atoms with E-state index in [-0.39, 0.29) is 16.9 Å². The van der Waals surface area contributed by atoms with Gasteiger partial charge in [0, 0.05) is 5.56 Å². The molecule has 1 aliphatic rings. The Morgan fingerprint density at radius 3 is 2.61 bits per heavy atom. The molecule has 0 bridgehead atoms. The topological polar surface area (TPSA) is 79.7 Å². The predicted molar refractivity (Wildman–Crippen MR) is 147 cm³/mol. The Kier molecular flexibility index (Phi) is 6.99. The number of carbonyl (C=O) groups is 2. The highest BCUT2D eigenvalue weighted by atomic mass is 32.1. The smallest absolute Gasteiger partial charge is 0.301 e. The van der Waals surface area contributed by atoms with Crippen LogP contribution in [0.1, 0.15) is 48.1 Å². The lowest BCUT2D eigenvalue weighted by Gasteiger charge is -2.23. The molecule has 4 aromatic rings. The standard InChI is InChI=1S/C30H27FN2O4S/c1-4-5-13-37-22-8-6-7-20(16-22)26-24(27(34)19-9-11-21(31)12-10-19)28(35)29(36)33(26)30-32-25-18(3)14-17(2)15-23(25)38-30/h6-12,14-16,26,34H,4-5,13H2,1-3H3/b27-24+. The largest absolute Gasteiger partial charge is 0.507 e. The Hall–Kier alpha value is -4.04. The first-order chi connectivity index (χ1) is 18.3. The summed E-state index contributed by atoms with van der Waals surface area (Å²) in [5, 5.41) is 11.6. The minimum atomic E-state index is -0.947. The van der Waals surface area contributed by atoms with Gasteiger partial charge in [-0.15, -0.1) is 0 Å². The number of halogens is 1. The summed E-state index contributed by atoms with van der Waals surface area (Å²) in [6.07, 6.45) is 1.87. The maximum atomic E-state index is 13.6. The van der Waals surface area contributed by atoms with Gasteiger partial charge in [0.2, 0.25) is 0 Å². The van der Waals surface area contributed by atoms with E-state index in [4.69, 9.17) is 9.72 Å². The molecule has 0 radical (unpaired) electrons. The highest BCUT2D eigenvalue weighted by Gasteiger charge is 2.48. The fourth-order valence-corrected chi connectivity index (χ4v) is 5.85. The van der Waals surface area contributed by atoms with E-state index in [0.717, 1.165) is 34.2 Å². The normalized spacial score (nSPS) is 16.9. The van der Waals surface area contributed by atoms with Crippen LogP contribution in [0.3, 0.4) is 0 Å². The van der Waals surface area contributed by atoms with Crippen LogP contribution >= 0.6 is 11.3 Å². The number of Topliss-reactive ketones (excluding diaryl/α,β-unsaturated/α-hetero) is 1. The molecule has 1 aromatic heterocycles. The van der Waals surface area contributed by atoms with E-state index in [1.165, 1.54) is 40.5 Å². The van der Waals surface area contributed by atoms with E-state index in [2.05, 4.69) is 6.92 Å². The summed E-state index contributed by atoms with van der Waals surface area (Å²) in [6.45, 7) is 6.55. The van der Waals surface area contributed by atoms with Gasteiger partial charge in [0.05, 0.1) is 28.4 Å². The predicted octanol–water partition coefficient (Wildman–Crippen LogP) is 6.86. The van der Waals surface area contributed by atoms with Crippen LogP contribution in [-0.4, -0.2) is 28.4 Å². The maximum Gasteiger partial charge on any atom is 0.301 e. The molecule has 5 rings (SSSR count). The Morgan fingerprint density at radius 2 is 1.87 bits per heavy atom. The van der Waals surface area contributed by atoms with Crippen molar-refractivity contribution in [1.29, 1.82) is 0 Å². The Bertz CT molecular complexity index is 1580. The fourth-order valence-electron chi connectivity index (χ4n) is 4.68. The maximum absolute atomic E-state index is 13.6. The zero-order chi connectivity index (χ0) is 27.0. The van der Waals surface area contributed by atoms with Gasteiger partial charge in [-0.1, -0.05) is 42.9 Å². The number of hydrogen-bond acceptors (Lipinski definition) is 6. The molecule has 1 N–H and O–H groups in total. The van der Waals surface area contributed by atoms with Crippen LogP contribution in [0.4, 0.5) is 9.52 Å². The van der Waals surface area contributed by atoms with Gasteiger partial charge in [-0.2, -0.15) is 0 Å². The van der Waals surface area contributed by atoms with Crippen molar-refractivity contribution < 1.29 is 23.8 Å². The zero-order valence-corrected chi connectivity index (χ0v) is 22.1. The molecule has 1 atom stereocenters. The number of aliphatic hydroxyl groups excluding tert-OH is 1. The van der Waals surface area contributed by atoms with Crippen LogP contribution < -0.4 is 9.64 Å². The van der Waals surface area contributed by atoms with Crippen LogP contribution in [0.25, 0.3) is 16.0 Å². The molecule has 1 amide bonds. The SMILES string of the molecule is CCCCOc1cccc(C2/C(=C(\O)c3ccc(F)cc3)C(=O)C(=O)N2c2nc3c(C)cc(C)cc3s2)c1. The minimum absolute atomic E-state index is 0.0838. The third-order valence-electron chi connectivity index (χ3n) is 6.53. The van der Waals surface area contributed by atoms with E-state index in [0.29, 0.717) is 23.1 Å². The second-order valence-electron chi connectivity index (χ2n) is 9.38. The van der Waals surface area contributed by atoms with Crippen molar-refractivity contribution in [1.82, 2.24) is 4.98 Å². The van der Waals surface area contributed by atoms with Gasteiger partial charge < -0.3 is 9.84 Å². The summed E-state index contributed by atoms with van der Waals surface area (Å²) < 4.78 is 20.4. The molecule has 1 aliphatic heterocycles. The van der Waals surface area contributed by atoms with Crippen molar-refractivity contribution in [3.05, 3.63) is 94.3 Å². The minimum Gasteiger partial charge on any atom is -0.507 e. The zero-order valence-electron chi connectivity index (χ0n) is 21.3. The summed E-state index contributed by atoms with van der Waals surface area (Å²) in [6, 6.07) is 15.4. The number of carbonyl (C=O) groups excluding carboxylic acids is 2. The number of benzene rings is 3. The number of ether oxygens (including phenoxy) is 1. The second-order valence-corrected chi connectivity index (χ2v) is 10.4. The molecule has 1 unspecified atom stereocenters. The number of nitrogens with zero attached hydrogens (tertiary/aromatic N) is 2. The van der Waals surface area contributed by atoms with Gasteiger partial charge in [-0.3, -0.25) is 14.5 Å². The second kappa shape index (κ2) is 10.4. The fraction of sp³-hybridized carbons (Fsp3) is 0.233. The lowest BCUT2D eigenvalue weighted by molar-refractivity contribution is -0.132. The number of amides is 1. The van der Waals surface area contributed by atoms with Gasteiger partial charge in [-0.25, -0.2) is 9.37 Å². The van der Waals surface area contributed by atoms with Crippen LogP contribution in [-0.2, 0) is 9.59 Å². The average Bonchev–Trinajstić information content (AvgIpc) is 3.43. The van der Waals surface area contributed by atoms with Crippen molar-refractivity contribution in [3.63, 3.8) is 0 Å². The van der Waals surface area contributed by atoms with Crippen molar-refractivity contribution in [2.24, 2.45) is 0 Å². The lowest BCUT2D eigenvalue weighted by Crippen LogP contribution is -2.29. The summed E-state index contributed by atoms with van der Waals surface area (Å²) >= 11 is 1.32. The van der Waals surface area contributed by atoms with E-state index in [9.17, 15) is 19.1 Å². The number of fused-ring (bicyclic) bond motifs is 1. The number of aromatic nitrogens is 1. The molecule has 8 heteroatoms. The Morgan fingerprint density at radius 1 is 1.11 bits per heavy atom. The molecule has 194 valence electrons. The van der Waals surface area contributed by atoms with Crippen LogP contribution in [0.2, 0.25) is 0 Å². The molecular weight excluding hydrogens is 503 g/mol. The molecule has 1 fully saturated rings. The molecule has 0 saturated carbocycles. The van der Waals surface area contributed by atoms with E-state index in [1.54, 1.807) is 18.2 Å². The van der Waals surface area contributed by atoms with Crippen molar-refractivity contribution in [2.45, 2.75) is 39.7 Å². The van der Waals surface area contributed by atoms with Crippen molar-refractivity contribution >= 4 is 44.1 Å². The number of ketones is 1. The van der Waals surface area contributed by atoms with Crippen molar-refractivity contribution in [2.75, 3.05) is 11.5 Å². The molecule has 38 heavy (non-hydrogen) atoms. The lowest BCUT2D eigenvalue weighted by atomic mass is 9.95. The molecule has 3 aromatic carbocycles. The quantitative estimate of drug-likeness (QED) is 0.122. The van der Waals surface area contributed by atoms with E-state index in [1.807, 2.05) is 32.0 Å². The number of thiazole rings is 1. The third kappa shape index (κ3) is 4.67. The molecule has 2 heterocycles. The monoisotopic (exact) mass is 530 g/mol. The summed E-state index contributed by atoms with van der Waals surface area (Å²) in [5.41, 5.74) is 3.53. The number of aryl methyl sites for hydroxylation is 2. The molecule has 0 spiro atoms. The van der Waals surface area contributed by atoms with Gasteiger partial charge >= 0.3 is 5.91 Å². The Labute approximate surface area is 224 Å². The number of aliphatic hydroxyl groups is 1. The summed E-state index contributed by atoms with van der Waals surface area (Å²) in [5.74, 6) is -1.87. The molecule has 1 saturated heterocycles. The van der Waals surface area contributed by atoms with E-state index < -0.39 is 23.5 Å². The number of rotatable bonds is 7. The van der Waals surface area contributed by atoms with Crippen LogP contribution in [0, 0.1) is 19.7 Å². The van der Waals surface area contributed by atoms with E-state index >= 15 is 0 Å². The average molecular weight is 531 g/mol. The van der Waals surface area contributed by atoms with Crippen LogP contribution in [0.15, 0.2) is 66.2 Å². The van der Waals surface area contributed by atoms with Gasteiger partial charge in [-0.05, 0) is 79.4 Å². The Balaban J connectivity index is 1.69. The van der Waals surface area contributed by atoms with Crippen LogP contribution in [0.5, 0.6) is 5.75 Å². The first-order valence-corrected chi connectivity index (χ1v) is 13.3. The first kappa shape index (κ1) is 25.6. The summed E-state index contributed by atoms with van der Waals surface area (Å²) in [4.78, 5) is 33.1. The number of anilines is 1. The van der Waals surface area contributed by atoms with Gasteiger partial charge in [0.1, 0.15) is 17.3 Å².